The van der Waals surface area contributed by atoms with Gasteiger partial charge in [0.05, 0.1) is 13.2 Å². The molecule has 3 rings (SSSR count). The van der Waals surface area contributed by atoms with E-state index in [2.05, 4.69) is 0 Å². The first-order valence-electron chi connectivity index (χ1n) is 8.56. The summed E-state index contributed by atoms with van der Waals surface area (Å²) >= 11 is 5.92. The Labute approximate surface area is 147 Å². The van der Waals surface area contributed by atoms with Crippen LogP contribution in [0.15, 0.2) is 24.3 Å². The molecule has 0 bridgehead atoms. The van der Waals surface area contributed by atoms with Crippen LogP contribution in [0, 0.1) is 0 Å². The zero-order valence-corrected chi connectivity index (χ0v) is 14.5. The smallest absolute Gasteiger partial charge is 0.224 e. The van der Waals surface area contributed by atoms with Crippen LogP contribution in [0.1, 0.15) is 37.4 Å². The molecular formula is C18H23ClN2O3. The highest BCUT2D eigenvalue weighted by atomic mass is 35.5. The van der Waals surface area contributed by atoms with Gasteiger partial charge in [-0.2, -0.15) is 0 Å². The lowest BCUT2D eigenvalue weighted by Gasteiger charge is -2.34. The van der Waals surface area contributed by atoms with Gasteiger partial charge in [0.15, 0.2) is 0 Å². The minimum atomic E-state index is -0.114. The second-order valence-corrected chi connectivity index (χ2v) is 6.78. The topological polar surface area (TPSA) is 49.9 Å². The molecule has 2 aliphatic rings. The van der Waals surface area contributed by atoms with Crippen molar-refractivity contribution in [2.45, 2.75) is 31.8 Å². The van der Waals surface area contributed by atoms with Crippen molar-refractivity contribution >= 4 is 23.4 Å². The second-order valence-electron chi connectivity index (χ2n) is 6.34. The molecule has 0 spiro atoms. The third kappa shape index (κ3) is 4.28. The molecule has 0 saturated carbocycles. The van der Waals surface area contributed by atoms with Gasteiger partial charge in [-0.15, -0.1) is 0 Å². The van der Waals surface area contributed by atoms with Crippen molar-refractivity contribution in [1.82, 2.24) is 9.80 Å². The number of likely N-dealkylation sites (tertiary alicyclic amines) is 1. The van der Waals surface area contributed by atoms with E-state index in [1.54, 1.807) is 0 Å². The highest BCUT2D eigenvalue weighted by Crippen LogP contribution is 2.24. The van der Waals surface area contributed by atoms with E-state index in [0.29, 0.717) is 44.1 Å². The minimum absolute atomic E-state index is 0.0932. The fraction of sp³-hybridized carbons (Fsp3) is 0.556. The summed E-state index contributed by atoms with van der Waals surface area (Å²) in [4.78, 5) is 28.0. The first kappa shape index (κ1) is 17.2. The lowest BCUT2D eigenvalue weighted by molar-refractivity contribution is -0.140. The standard InChI is InChI=1S/C18H23ClN2O3/c19-15-6-4-14(5-7-15)16-13-21(11-12-24-16)18(23)8-10-20-9-2-1-3-17(20)22/h4-7,16H,1-3,8-13H2/t16-/m1/s1. The van der Waals surface area contributed by atoms with E-state index in [1.165, 1.54) is 0 Å². The van der Waals surface area contributed by atoms with Gasteiger partial charge in [-0.1, -0.05) is 23.7 Å². The first-order chi connectivity index (χ1) is 11.6. The van der Waals surface area contributed by atoms with Crippen molar-refractivity contribution in [2.75, 3.05) is 32.8 Å². The van der Waals surface area contributed by atoms with Crippen molar-refractivity contribution in [3.05, 3.63) is 34.9 Å². The van der Waals surface area contributed by atoms with Gasteiger partial charge in [0.25, 0.3) is 0 Å². The van der Waals surface area contributed by atoms with E-state index >= 15 is 0 Å². The van der Waals surface area contributed by atoms with Crippen LogP contribution < -0.4 is 0 Å². The highest BCUT2D eigenvalue weighted by molar-refractivity contribution is 6.30. The average molecular weight is 351 g/mol. The Morgan fingerprint density at radius 2 is 2.00 bits per heavy atom. The predicted molar refractivity (Wildman–Crippen MR) is 91.8 cm³/mol. The van der Waals surface area contributed by atoms with Crippen molar-refractivity contribution in [1.29, 1.82) is 0 Å². The van der Waals surface area contributed by atoms with E-state index in [1.807, 2.05) is 34.1 Å². The monoisotopic (exact) mass is 350 g/mol. The largest absolute Gasteiger partial charge is 0.370 e. The molecule has 2 saturated heterocycles. The summed E-state index contributed by atoms with van der Waals surface area (Å²) in [5.41, 5.74) is 1.03. The third-order valence-corrected chi connectivity index (χ3v) is 4.93. The van der Waals surface area contributed by atoms with Crippen LogP contribution in [0.2, 0.25) is 5.02 Å². The number of ether oxygens (including phenoxy) is 1. The molecule has 0 unspecified atom stereocenters. The Hall–Kier alpha value is -1.59. The Balaban J connectivity index is 1.53. The van der Waals surface area contributed by atoms with Gasteiger partial charge >= 0.3 is 0 Å². The Bertz CT molecular complexity index is 590. The van der Waals surface area contributed by atoms with E-state index in [4.69, 9.17) is 16.3 Å². The third-order valence-electron chi connectivity index (χ3n) is 4.68. The van der Waals surface area contributed by atoms with Crippen LogP contribution in [0.25, 0.3) is 0 Å². The molecule has 6 heteroatoms. The number of piperidine rings is 1. The number of nitrogens with zero attached hydrogens (tertiary/aromatic N) is 2. The minimum Gasteiger partial charge on any atom is -0.370 e. The molecule has 1 atom stereocenters. The summed E-state index contributed by atoms with van der Waals surface area (Å²) in [7, 11) is 0. The van der Waals surface area contributed by atoms with Crippen LogP contribution in [-0.2, 0) is 14.3 Å². The maximum Gasteiger partial charge on any atom is 0.224 e. The number of carbonyl (C=O) groups is 2. The molecular weight excluding hydrogens is 328 g/mol. The van der Waals surface area contributed by atoms with Crippen LogP contribution in [0.5, 0.6) is 0 Å². The van der Waals surface area contributed by atoms with Crippen LogP contribution in [-0.4, -0.2) is 54.4 Å². The number of rotatable bonds is 4. The molecule has 1 aromatic carbocycles. The molecule has 1 aromatic rings. The normalized spacial score (nSPS) is 21.9. The van der Waals surface area contributed by atoms with E-state index in [-0.39, 0.29) is 17.9 Å². The number of amides is 2. The van der Waals surface area contributed by atoms with Crippen molar-refractivity contribution in [3.8, 4) is 0 Å². The van der Waals surface area contributed by atoms with Gasteiger partial charge in [-0.25, -0.2) is 0 Å². The van der Waals surface area contributed by atoms with Crippen LogP contribution >= 0.6 is 11.6 Å². The summed E-state index contributed by atoms with van der Waals surface area (Å²) in [5, 5.41) is 0.689. The quantitative estimate of drug-likeness (QED) is 0.838. The number of carbonyl (C=O) groups excluding carboxylic acids is 2. The van der Waals surface area contributed by atoms with Gasteiger partial charge < -0.3 is 14.5 Å². The molecule has 2 amide bonds. The van der Waals surface area contributed by atoms with Crippen molar-refractivity contribution in [3.63, 3.8) is 0 Å². The Kier molecular flexibility index (Phi) is 5.74. The van der Waals surface area contributed by atoms with Crippen LogP contribution in [0.3, 0.4) is 0 Å². The summed E-state index contributed by atoms with van der Waals surface area (Å²) in [6.45, 7) is 3.00. The number of morpholine rings is 1. The molecule has 0 radical (unpaired) electrons. The SMILES string of the molecule is O=C1CCCCN1CCC(=O)N1CCO[C@@H](c2ccc(Cl)cc2)C1. The van der Waals surface area contributed by atoms with Crippen molar-refractivity contribution in [2.24, 2.45) is 0 Å². The lowest BCUT2D eigenvalue weighted by Crippen LogP contribution is -2.44. The van der Waals surface area contributed by atoms with Gasteiger partial charge in [-0.3, -0.25) is 9.59 Å². The summed E-state index contributed by atoms with van der Waals surface area (Å²) in [5.74, 6) is 0.269. The Morgan fingerprint density at radius 3 is 2.75 bits per heavy atom. The fourth-order valence-electron chi connectivity index (χ4n) is 3.24. The van der Waals surface area contributed by atoms with Gasteiger partial charge in [0.1, 0.15) is 6.10 Å². The summed E-state index contributed by atoms with van der Waals surface area (Å²) in [6, 6.07) is 7.55. The summed E-state index contributed by atoms with van der Waals surface area (Å²) in [6.07, 6.45) is 2.89. The maximum absolute atomic E-state index is 12.5. The van der Waals surface area contributed by atoms with E-state index in [0.717, 1.165) is 24.9 Å². The van der Waals surface area contributed by atoms with E-state index in [9.17, 15) is 9.59 Å². The molecule has 24 heavy (non-hydrogen) atoms. The van der Waals surface area contributed by atoms with Gasteiger partial charge in [0, 0.05) is 37.5 Å². The molecule has 0 aromatic heterocycles. The van der Waals surface area contributed by atoms with Crippen molar-refractivity contribution < 1.29 is 14.3 Å². The molecule has 0 aliphatic carbocycles. The first-order valence-corrected chi connectivity index (χ1v) is 8.94. The molecule has 2 aliphatic heterocycles. The van der Waals surface area contributed by atoms with E-state index < -0.39 is 0 Å². The molecule has 0 N–H and O–H groups in total. The zero-order chi connectivity index (χ0) is 16.9. The molecule has 2 heterocycles. The summed E-state index contributed by atoms with van der Waals surface area (Å²) < 4.78 is 5.79. The lowest BCUT2D eigenvalue weighted by atomic mass is 10.1. The number of hydrogen-bond donors (Lipinski definition) is 0. The molecule has 130 valence electrons. The number of halogens is 1. The number of hydrogen-bond acceptors (Lipinski definition) is 3. The van der Waals surface area contributed by atoms with Crippen LogP contribution in [0.4, 0.5) is 0 Å². The second kappa shape index (κ2) is 7.99. The number of benzene rings is 1. The average Bonchev–Trinajstić information content (AvgIpc) is 2.61. The predicted octanol–water partition coefficient (Wildman–Crippen LogP) is 2.64. The maximum atomic E-state index is 12.5. The zero-order valence-electron chi connectivity index (χ0n) is 13.7. The molecule has 2 fully saturated rings. The van der Waals surface area contributed by atoms with Gasteiger partial charge in [-0.05, 0) is 30.5 Å². The fourth-order valence-corrected chi connectivity index (χ4v) is 3.37. The van der Waals surface area contributed by atoms with Gasteiger partial charge in [0.2, 0.25) is 11.8 Å². The molecule has 5 nitrogen and oxygen atoms in total. The highest BCUT2D eigenvalue weighted by Gasteiger charge is 2.26. The Morgan fingerprint density at radius 1 is 1.21 bits per heavy atom.